The van der Waals surface area contributed by atoms with Crippen molar-refractivity contribution < 1.29 is 13.9 Å². The van der Waals surface area contributed by atoms with Crippen LogP contribution in [-0.2, 0) is 4.74 Å². The van der Waals surface area contributed by atoms with Crippen molar-refractivity contribution in [2.24, 2.45) is 0 Å². The van der Waals surface area contributed by atoms with E-state index in [0.29, 0.717) is 28.8 Å². The average Bonchev–Trinajstić information content (AvgIpc) is 2.43. The number of benzene rings is 1. The molecular weight excluding hydrogens is 271 g/mol. The molecule has 0 fully saturated rings. The maximum absolute atomic E-state index is 13.3. The summed E-state index contributed by atoms with van der Waals surface area (Å²) in [6.07, 6.45) is 0.735. The number of ether oxygens (including phenoxy) is 1. The summed E-state index contributed by atoms with van der Waals surface area (Å²) >= 11 is 0. The molecule has 21 heavy (non-hydrogen) atoms. The molecule has 5 heteroatoms. The fraction of sp³-hybridized carbons (Fsp3) is 0.375. The van der Waals surface area contributed by atoms with E-state index < -0.39 is 0 Å². The van der Waals surface area contributed by atoms with Gasteiger partial charge in [-0.2, -0.15) is 0 Å². The van der Waals surface area contributed by atoms with Crippen LogP contribution in [0.3, 0.4) is 0 Å². The Labute approximate surface area is 123 Å². The van der Waals surface area contributed by atoms with Gasteiger partial charge in [-0.1, -0.05) is 0 Å². The smallest absolute Gasteiger partial charge is 0.252 e. The monoisotopic (exact) mass is 290 g/mol. The van der Waals surface area contributed by atoms with Gasteiger partial charge in [-0.15, -0.1) is 0 Å². The van der Waals surface area contributed by atoms with Crippen LogP contribution in [0, 0.1) is 12.7 Å². The van der Waals surface area contributed by atoms with Gasteiger partial charge in [0.25, 0.3) is 5.91 Å². The number of carbonyl (C=O) groups is 1. The molecule has 1 amide bonds. The van der Waals surface area contributed by atoms with E-state index in [1.807, 2.05) is 6.92 Å². The van der Waals surface area contributed by atoms with Crippen molar-refractivity contribution in [2.75, 3.05) is 13.7 Å². The predicted octanol–water partition coefficient (Wildman–Crippen LogP) is 2.84. The second-order valence-electron chi connectivity index (χ2n) is 5.13. The minimum Gasteiger partial charge on any atom is -0.385 e. The molecule has 1 atom stereocenters. The van der Waals surface area contributed by atoms with Crippen molar-refractivity contribution >= 4 is 16.8 Å². The Balaban J connectivity index is 2.30. The lowest BCUT2D eigenvalue weighted by Gasteiger charge is -2.14. The summed E-state index contributed by atoms with van der Waals surface area (Å²) in [5, 5.41) is 3.58. The number of halogens is 1. The van der Waals surface area contributed by atoms with E-state index >= 15 is 0 Å². The van der Waals surface area contributed by atoms with E-state index in [-0.39, 0.29) is 17.8 Å². The summed E-state index contributed by atoms with van der Waals surface area (Å²) in [6, 6.07) is 5.99. The third-order valence-electron chi connectivity index (χ3n) is 3.28. The lowest BCUT2D eigenvalue weighted by molar-refractivity contribution is 0.0931. The first kappa shape index (κ1) is 15.4. The van der Waals surface area contributed by atoms with Crippen LogP contribution in [0.25, 0.3) is 10.9 Å². The fourth-order valence-corrected chi connectivity index (χ4v) is 2.19. The zero-order valence-corrected chi connectivity index (χ0v) is 12.4. The maximum atomic E-state index is 13.3. The summed E-state index contributed by atoms with van der Waals surface area (Å²) in [6.45, 7) is 4.30. The Kier molecular flexibility index (Phi) is 4.85. The lowest BCUT2D eigenvalue weighted by atomic mass is 10.1. The number of methoxy groups -OCH3 is 1. The first-order valence-corrected chi connectivity index (χ1v) is 6.88. The number of nitrogens with zero attached hydrogens (tertiary/aromatic N) is 1. The van der Waals surface area contributed by atoms with Crippen LogP contribution in [-0.4, -0.2) is 30.6 Å². The minimum absolute atomic E-state index is 0.00131. The second-order valence-corrected chi connectivity index (χ2v) is 5.13. The van der Waals surface area contributed by atoms with Gasteiger partial charge in [0, 0.05) is 36.9 Å². The first-order valence-electron chi connectivity index (χ1n) is 6.88. The van der Waals surface area contributed by atoms with Gasteiger partial charge in [0.05, 0.1) is 11.1 Å². The molecule has 1 aromatic carbocycles. The Bertz CT molecular complexity index is 653. The van der Waals surface area contributed by atoms with E-state index in [4.69, 9.17) is 4.74 Å². The number of hydrogen-bond acceptors (Lipinski definition) is 3. The molecule has 0 bridgehead atoms. The van der Waals surface area contributed by atoms with E-state index in [1.165, 1.54) is 12.1 Å². The standard InChI is InChI=1S/C16H19FN2O2/c1-10(6-7-21-3)19-16(20)14-8-11(2)18-15-9-12(17)4-5-13(14)15/h4-5,8-10H,6-7H2,1-3H3,(H,19,20). The van der Waals surface area contributed by atoms with Crippen molar-refractivity contribution in [2.45, 2.75) is 26.3 Å². The molecule has 0 aliphatic heterocycles. The van der Waals surface area contributed by atoms with Crippen molar-refractivity contribution in [3.8, 4) is 0 Å². The fourth-order valence-electron chi connectivity index (χ4n) is 2.19. The lowest BCUT2D eigenvalue weighted by Crippen LogP contribution is -2.33. The number of hydrogen-bond donors (Lipinski definition) is 1. The van der Waals surface area contributed by atoms with Crippen molar-refractivity contribution in [3.63, 3.8) is 0 Å². The van der Waals surface area contributed by atoms with E-state index in [9.17, 15) is 9.18 Å². The molecule has 0 saturated carbocycles. The molecule has 0 aliphatic carbocycles. The number of carbonyl (C=O) groups excluding carboxylic acids is 1. The molecule has 1 unspecified atom stereocenters. The van der Waals surface area contributed by atoms with E-state index in [0.717, 1.165) is 6.42 Å². The quantitative estimate of drug-likeness (QED) is 0.921. The van der Waals surface area contributed by atoms with Crippen LogP contribution in [0.2, 0.25) is 0 Å². The highest BCUT2D eigenvalue weighted by Crippen LogP contribution is 2.19. The summed E-state index contributed by atoms with van der Waals surface area (Å²) < 4.78 is 18.3. The van der Waals surface area contributed by atoms with Gasteiger partial charge in [-0.25, -0.2) is 4.39 Å². The zero-order chi connectivity index (χ0) is 15.4. The number of amides is 1. The maximum Gasteiger partial charge on any atom is 0.252 e. The third-order valence-corrected chi connectivity index (χ3v) is 3.28. The molecular formula is C16H19FN2O2. The Morgan fingerprint density at radius 3 is 2.90 bits per heavy atom. The Morgan fingerprint density at radius 2 is 2.19 bits per heavy atom. The molecule has 0 radical (unpaired) electrons. The molecule has 112 valence electrons. The van der Waals surface area contributed by atoms with E-state index in [1.54, 1.807) is 26.2 Å². The van der Waals surface area contributed by atoms with E-state index in [2.05, 4.69) is 10.3 Å². The molecule has 4 nitrogen and oxygen atoms in total. The van der Waals surface area contributed by atoms with Crippen LogP contribution in [0.4, 0.5) is 4.39 Å². The molecule has 1 aromatic heterocycles. The van der Waals surface area contributed by atoms with Gasteiger partial charge in [0.2, 0.25) is 0 Å². The first-order chi connectivity index (χ1) is 10.0. The SMILES string of the molecule is COCCC(C)NC(=O)c1cc(C)nc2cc(F)ccc12. The summed E-state index contributed by atoms with van der Waals surface area (Å²) in [5.41, 5.74) is 1.69. The molecule has 1 heterocycles. The van der Waals surface area contributed by atoms with Crippen LogP contribution in [0.15, 0.2) is 24.3 Å². The van der Waals surface area contributed by atoms with Crippen molar-refractivity contribution in [1.29, 1.82) is 0 Å². The molecule has 0 saturated heterocycles. The Morgan fingerprint density at radius 1 is 1.43 bits per heavy atom. The average molecular weight is 290 g/mol. The van der Waals surface area contributed by atoms with Gasteiger partial charge in [0.15, 0.2) is 0 Å². The molecule has 1 N–H and O–H groups in total. The molecule has 0 aliphatic rings. The summed E-state index contributed by atoms with van der Waals surface area (Å²) in [7, 11) is 1.63. The highest BCUT2D eigenvalue weighted by Gasteiger charge is 2.14. The number of fused-ring (bicyclic) bond motifs is 1. The summed E-state index contributed by atoms with van der Waals surface area (Å²) in [4.78, 5) is 16.7. The summed E-state index contributed by atoms with van der Waals surface area (Å²) in [5.74, 6) is -0.541. The van der Waals surface area contributed by atoms with Gasteiger partial charge in [-0.05, 0) is 38.5 Å². The van der Waals surface area contributed by atoms with Gasteiger partial charge < -0.3 is 10.1 Å². The second kappa shape index (κ2) is 6.63. The number of rotatable bonds is 5. The van der Waals surface area contributed by atoms with Crippen LogP contribution < -0.4 is 5.32 Å². The van der Waals surface area contributed by atoms with Crippen molar-refractivity contribution in [1.82, 2.24) is 10.3 Å². The number of aromatic nitrogens is 1. The van der Waals surface area contributed by atoms with Gasteiger partial charge in [-0.3, -0.25) is 9.78 Å². The topological polar surface area (TPSA) is 51.2 Å². The van der Waals surface area contributed by atoms with Crippen LogP contribution >= 0.6 is 0 Å². The van der Waals surface area contributed by atoms with Gasteiger partial charge >= 0.3 is 0 Å². The largest absolute Gasteiger partial charge is 0.385 e. The number of nitrogens with one attached hydrogen (secondary N) is 1. The zero-order valence-electron chi connectivity index (χ0n) is 12.4. The van der Waals surface area contributed by atoms with Gasteiger partial charge in [0.1, 0.15) is 5.82 Å². The Hall–Kier alpha value is -2.01. The molecule has 2 aromatic rings. The molecule has 2 rings (SSSR count). The number of pyridine rings is 1. The third kappa shape index (κ3) is 3.76. The minimum atomic E-state index is -0.361. The van der Waals surface area contributed by atoms with Crippen LogP contribution in [0.5, 0.6) is 0 Å². The highest BCUT2D eigenvalue weighted by atomic mass is 19.1. The highest BCUT2D eigenvalue weighted by molar-refractivity contribution is 6.06. The van der Waals surface area contributed by atoms with Crippen molar-refractivity contribution in [3.05, 3.63) is 41.3 Å². The molecule has 0 spiro atoms. The van der Waals surface area contributed by atoms with Crippen LogP contribution in [0.1, 0.15) is 29.4 Å². The normalized spacial score (nSPS) is 12.4. The predicted molar refractivity (Wildman–Crippen MR) is 79.9 cm³/mol. The number of aryl methyl sites for hydroxylation is 1.